The summed E-state index contributed by atoms with van der Waals surface area (Å²) in [4.78, 5) is 12.4. The molecule has 0 radical (unpaired) electrons. The second kappa shape index (κ2) is 7.34. The molecule has 0 saturated heterocycles. The number of anilines is 1. The van der Waals surface area contributed by atoms with E-state index in [0.717, 1.165) is 11.1 Å². The van der Waals surface area contributed by atoms with Crippen LogP contribution in [0.2, 0.25) is 0 Å². The Morgan fingerprint density at radius 3 is 2.36 bits per heavy atom. The topological polar surface area (TPSA) is 46.9 Å². The molecule has 0 aliphatic rings. The standard InChI is InChI=1S/C21H23N3O/c1-15(2)18-10-6-17(7-11-18)14-24-20(12-13-22-24)23-21(25)19-8-4-16(3)5-9-19/h4-13,15H,14H2,1-3H3,(H,23,25). The molecule has 25 heavy (non-hydrogen) atoms. The van der Waals surface area contributed by atoms with Crippen molar-refractivity contribution >= 4 is 11.7 Å². The fraction of sp³-hybridized carbons (Fsp3) is 0.238. The lowest BCUT2D eigenvalue weighted by Gasteiger charge is -2.11. The van der Waals surface area contributed by atoms with Crippen molar-refractivity contribution < 1.29 is 4.79 Å². The SMILES string of the molecule is Cc1ccc(C(=O)Nc2ccnn2Cc2ccc(C(C)C)cc2)cc1. The molecular formula is C21H23N3O. The zero-order valence-electron chi connectivity index (χ0n) is 14.9. The minimum atomic E-state index is -0.128. The van der Waals surface area contributed by atoms with E-state index in [0.29, 0.717) is 23.8 Å². The van der Waals surface area contributed by atoms with Gasteiger partial charge in [-0.25, -0.2) is 4.68 Å². The monoisotopic (exact) mass is 333 g/mol. The van der Waals surface area contributed by atoms with Crippen molar-refractivity contribution in [2.45, 2.75) is 33.2 Å². The largest absolute Gasteiger partial charge is 0.307 e. The summed E-state index contributed by atoms with van der Waals surface area (Å²) in [5.41, 5.74) is 4.24. The fourth-order valence-electron chi connectivity index (χ4n) is 2.64. The average Bonchev–Trinajstić information content (AvgIpc) is 3.02. The number of carbonyl (C=O) groups excluding carboxylic acids is 1. The molecule has 0 atom stereocenters. The number of nitrogens with one attached hydrogen (secondary N) is 1. The number of hydrogen-bond acceptors (Lipinski definition) is 2. The van der Waals surface area contributed by atoms with E-state index in [2.05, 4.69) is 48.5 Å². The van der Waals surface area contributed by atoms with E-state index < -0.39 is 0 Å². The Bertz CT molecular complexity index is 846. The first kappa shape index (κ1) is 17.0. The molecule has 3 aromatic rings. The van der Waals surface area contributed by atoms with Gasteiger partial charge in [0.25, 0.3) is 5.91 Å². The Morgan fingerprint density at radius 2 is 1.72 bits per heavy atom. The molecule has 4 heteroatoms. The molecular weight excluding hydrogens is 310 g/mol. The van der Waals surface area contributed by atoms with Gasteiger partial charge in [0, 0.05) is 11.6 Å². The zero-order valence-corrected chi connectivity index (χ0v) is 14.9. The molecule has 1 aromatic heterocycles. The molecule has 0 fully saturated rings. The van der Waals surface area contributed by atoms with Crippen molar-refractivity contribution in [3.05, 3.63) is 83.0 Å². The summed E-state index contributed by atoms with van der Waals surface area (Å²) in [5, 5.41) is 7.27. The second-order valence-electron chi connectivity index (χ2n) is 6.59. The number of carbonyl (C=O) groups is 1. The highest BCUT2D eigenvalue weighted by molar-refractivity contribution is 6.03. The van der Waals surface area contributed by atoms with Crippen LogP contribution in [0, 0.1) is 6.92 Å². The summed E-state index contributed by atoms with van der Waals surface area (Å²) in [6.45, 7) is 6.98. The van der Waals surface area contributed by atoms with Gasteiger partial charge < -0.3 is 5.32 Å². The van der Waals surface area contributed by atoms with Gasteiger partial charge in [0.05, 0.1) is 12.7 Å². The third-order valence-corrected chi connectivity index (χ3v) is 4.25. The number of hydrogen-bond donors (Lipinski definition) is 1. The van der Waals surface area contributed by atoms with Crippen molar-refractivity contribution in [3.8, 4) is 0 Å². The number of aryl methyl sites for hydroxylation is 1. The lowest BCUT2D eigenvalue weighted by atomic mass is 10.0. The molecule has 0 aliphatic heterocycles. The van der Waals surface area contributed by atoms with E-state index >= 15 is 0 Å². The molecule has 128 valence electrons. The van der Waals surface area contributed by atoms with Crippen LogP contribution >= 0.6 is 0 Å². The third-order valence-electron chi connectivity index (χ3n) is 4.25. The Labute approximate surface area is 148 Å². The Balaban J connectivity index is 1.72. The van der Waals surface area contributed by atoms with Crippen LogP contribution in [-0.2, 0) is 6.54 Å². The Kier molecular flexibility index (Phi) is 4.98. The lowest BCUT2D eigenvalue weighted by molar-refractivity contribution is 0.102. The smallest absolute Gasteiger partial charge is 0.256 e. The normalized spacial score (nSPS) is 10.9. The molecule has 4 nitrogen and oxygen atoms in total. The van der Waals surface area contributed by atoms with Gasteiger partial charge in [-0.2, -0.15) is 5.10 Å². The molecule has 0 bridgehead atoms. The van der Waals surface area contributed by atoms with Crippen molar-refractivity contribution in [2.75, 3.05) is 5.32 Å². The maximum atomic E-state index is 12.4. The van der Waals surface area contributed by atoms with Crippen molar-refractivity contribution in [1.29, 1.82) is 0 Å². The van der Waals surface area contributed by atoms with Gasteiger partial charge in [-0.3, -0.25) is 4.79 Å². The van der Waals surface area contributed by atoms with E-state index in [9.17, 15) is 4.79 Å². The summed E-state index contributed by atoms with van der Waals surface area (Å²) in [6.07, 6.45) is 1.70. The predicted octanol–water partition coefficient (Wildman–Crippen LogP) is 4.62. The molecule has 0 unspecified atom stereocenters. The van der Waals surface area contributed by atoms with Crippen LogP contribution in [0.3, 0.4) is 0 Å². The number of rotatable bonds is 5. The van der Waals surface area contributed by atoms with Gasteiger partial charge >= 0.3 is 0 Å². The van der Waals surface area contributed by atoms with Crippen LogP contribution in [0.5, 0.6) is 0 Å². The Morgan fingerprint density at radius 1 is 1.04 bits per heavy atom. The van der Waals surface area contributed by atoms with Gasteiger partial charge in [0.1, 0.15) is 5.82 Å². The van der Waals surface area contributed by atoms with Crippen LogP contribution in [0.15, 0.2) is 60.8 Å². The molecule has 3 rings (SSSR count). The summed E-state index contributed by atoms with van der Waals surface area (Å²) >= 11 is 0. The maximum Gasteiger partial charge on any atom is 0.256 e. The molecule has 2 aromatic carbocycles. The van der Waals surface area contributed by atoms with E-state index in [4.69, 9.17) is 0 Å². The van der Waals surface area contributed by atoms with Gasteiger partial charge in [0.2, 0.25) is 0 Å². The molecule has 1 heterocycles. The van der Waals surface area contributed by atoms with Crippen LogP contribution < -0.4 is 5.32 Å². The van der Waals surface area contributed by atoms with Crippen LogP contribution in [-0.4, -0.2) is 15.7 Å². The van der Waals surface area contributed by atoms with E-state index in [1.807, 2.05) is 37.3 Å². The minimum absolute atomic E-state index is 0.128. The summed E-state index contributed by atoms with van der Waals surface area (Å²) in [5.74, 6) is 1.08. The van der Waals surface area contributed by atoms with Gasteiger partial charge in [-0.15, -0.1) is 0 Å². The van der Waals surface area contributed by atoms with Crippen LogP contribution in [0.4, 0.5) is 5.82 Å². The Hall–Kier alpha value is -2.88. The number of nitrogens with zero attached hydrogens (tertiary/aromatic N) is 2. The third kappa shape index (κ3) is 4.15. The summed E-state index contributed by atoms with van der Waals surface area (Å²) < 4.78 is 1.80. The predicted molar refractivity (Wildman–Crippen MR) is 101 cm³/mol. The van der Waals surface area contributed by atoms with E-state index in [1.54, 1.807) is 10.9 Å². The number of aromatic nitrogens is 2. The molecule has 1 N–H and O–H groups in total. The minimum Gasteiger partial charge on any atom is -0.307 e. The van der Waals surface area contributed by atoms with E-state index in [-0.39, 0.29) is 5.91 Å². The van der Waals surface area contributed by atoms with E-state index in [1.165, 1.54) is 5.56 Å². The van der Waals surface area contributed by atoms with Gasteiger partial charge in [-0.1, -0.05) is 55.8 Å². The first-order valence-electron chi connectivity index (χ1n) is 8.51. The number of benzene rings is 2. The first-order valence-corrected chi connectivity index (χ1v) is 8.51. The van der Waals surface area contributed by atoms with Crippen LogP contribution in [0.1, 0.15) is 46.8 Å². The average molecular weight is 333 g/mol. The first-order chi connectivity index (χ1) is 12.0. The highest BCUT2D eigenvalue weighted by Gasteiger charge is 2.10. The van der Waals surface area contributed by atoms with Crippen molar-refractivity contribution in [3.63, 3.8) is 0 Å². The highest BCUT2D eigenvalue weighted by atomic mass is 16.1. The van der Waals surface area contributed by atoms with Crippen molar-refractivity contribution in [2.24, 2.45) is 0 Å². The quantitative estimate of drug-likeness (QED) is 0.741. The van der Waals surface area contributed by atoms with Gasteiger partial charge in [0.15, 0.2) is 0 Å². The number of amides is 1. The highest BCUT2D eigenvalue weighted by Crippen LogP contribution is 2.17. The maximum absolute atomic E-state index is 12.4. The molecule has 0 spiro atoms. The zero-order chi connectivity index (χ0) is 17.8. The fourth-order valence-corrected chi connectivity index (χ4v) is 2.64. The van der Waals surface area contributed by atoms with Crippen molar-refractivity contribution in [1.82, 2.24) is 9.78 Å². The molecule has 1 amide bonds. The molecule has 0 aliphatic carbocycles. The second-order valence-corrected chi connectivity index (χ2v) is 6.59. The summed E-state index contributed by atoms with van der Waals surface area (Å²) in [6, 6.07) is 17.9. The van der Waals surface area contributed by atoms with Gasteiger partial charge in [-0.05, 0) is 36.1 Å². The van der Waals surface area contributed by atoms with Crippen LogP contribution in [0.25, 0.3) is 0 Å². The molecule has 0 saturated carbocycles. The lowest BCUT2D eigenvalue weighted by Crippen LogP contribution is -2.16. The summed E-state index contributed by atoms with van der Waals surface area (Å²) in [7, 11) is 0.